The van der Waals surface area contributed by atoms with E-state index in [0.717, 1.165) is 5.56 Å². The Labute approximate surface area is 138 Å². The minimum absolute atomic E-state index is 0.168. The SMILES string of the molecule is O=C(NCCc1cccc(Cl)c1)c1ccccc1-n1cnnn1. The highest BCUT2D eigenvalue weighted by Crippen LogP contribution is 2.13. The molecule has 3 aromatic rings. The number of carbonyl (C=O) groups is 1. The third-order valence-corrected chi connectivity index (χ3v) is 3.57. The van der Waals surface area contributed by atoms with Crippen molar-refractivity contribution in [3.05, 3.63) is 71.0 Å². The molecule has 7 heteroatoms. The fourth-order valence-corrected chi connectivity index (χ4v) is 2.46. The van der Waals surface area contributed by atoms with Crippen LogP contribution in [0.5, 0.6) is 0 Å². The first-order chi connectivity index (χ1) is 11.2. The van der Waals surface area contributed by atoms with E-state index in [0.29, 0.717) is 29.2 Å². The molecule has 0 unspecified atom stereocenters. The zero-order valence-corrected chi connectivity index (χ0v) is 12.9. The van der Waals surface area contributed by atoms with Crippen LogP contribution in [0.3, 0.4) is 0 Å². The molecule has 0 saturated heterocycles. The molecule has 1 amide bonds. The summed E-state index contributed by atoms with van der Waals surface area (Å²) in [6.45, 7) is 0.517. The van der Waals surface area contributed by atoms with Gasteiger partial charge in [-0.25, -0.2) is 0 Å². The number of nitrogens with one attached hydrogen (secondary N) is 1. The Morgan fingerprint density at radius 1 is 1.17 bits per heavy atom. The van der Waals surface area contributed by atoms with Gasteiger partial charge in [-0.05, 0) is 46.7 Å². The molecule has 116 valence electrons. The van der Waals surface area contributed by atoms with Crippen molar-refractivity contribution in [1.29, 1.82) is 0 Å². The number of para-hydroxylation sites is 1. The summed E-state index contributed by atoms with van der Waals surface area (Å²) >= 11 is 5.95. The van der Waals surface area contributed by atoms with E-state index in [1.165, 1.54) is 11.0 Å². The summed E-state index contributed by atoms with van der Waals surface area (Å²) in [5.74, 6) is -0.168. The van der Waals surface area contributed by atoms with Gasteiger partial charge in [-0.15, -0.1) is 5.10 Å². The molecule has 0 radical (unpaired) electrons. The fourth-order valence-electron chi connectivity index (χ4n) is 2.25. The number of amides is 1. The van der Waals surface area contributed by atoms with Gasteiger partial charge in [0.1, 0.15) is 6.33 Å². The largest absolute Gasteiger partial charge is 0.352 e. The van der Waals surface area contributed by atoms with Gasteiger partial charge in [0.25, 0.3) is 5.91 Å². The molecule has 1 heterocycles. The molecule has 23 heavy (non-hydrogen) atoms. The molecule has 0 bridgehead atoms. The summed E-state index contributed by atoms with van der Waals surface area (Å²) in [6, 6.07) is 14.8. The third kappa shape index (κ3) is 3.73. The summed E-state index contributed by atoms with van der Waals surface area (Å²) in [5, 5.41) is 14.6. The van der Waals surface area contributed by atoms with Crippen LogP contribution < -0.4 is 5.32 Å². The minimum Gasteiger partial charge on any atom is -0.352 e. The molecule has 0 aliphatic heterocycles. The Bertz CT molecular complexity index is 804. The smallest absolute Gasteiger partial charge is 0.253 e. The van der Waals surface area contributed by atoms with Crippen molar-refractivity contribution in [3.8, 4) is 5.69 Å². The van der Waals surface area contributed by atoms with Crippen LogP contribution >= 0.6 is 11.6 Å². The molecule has 3 rings (SSSR count). The Hall–Kier alpha value is -2.73. The Kier molecular flexibility index (Phi) is 4.63. The van der Waals surface area contributed by atoms with Gasteiger partial charge in [0.05, 0.1) is 11.3 Å². The van der Waals surface area contributed by atoms with E-state index >= 15 is 0 Å². The second-order valence-electron chi connectivity index (χ2n) is 4.91. The molecule has 1 aromatic heterocycles. The number of rotatable bonds is 5. The average Bonchev–Trinajstić information content (AvgIpc) is 3.09. The van der Waals surface area contributed by atoms with Crippen LogP contribution in [0.15, 0.2) is 54.9 Å². The van der Waals surface area contributed by atoms with Gasteiger partial charge in [-0.1, -0.05) is 35.9 Å². The van der Waals surface area contributed by atoms with E-state index in [-0.39, 0.29) is 5.91 Å². The normalized spacial score (nSPS) is 10.5. The second-order valence-corrected chi connectivity index (χ2v) is 5.34. The topological polar surface area (TPSA) is 72.7 Å². The molecule has 0 saturated carbocycles. The van der Waals surface area contributed by atoms with Crippen LogP contribution in [0, 0.1) is 0 Å². The van der Waals surface area contributed by atoms with E-state index in [1.54, 1.807) is 18.2 Å². The monoisotopic (exact) mass is 327 g/mol. The molecule has 0 spiro atoms. The van der Waals surface area contributed by atoms with Gasteiger partial charge in [-0.3, -0.25) is 4.79 Å². The standard InChI is InChI=1S/C16H14ClN5O/c17-13-5-3-4-12(10-13)8-9-18-16(23)14-6-1-2-7-15(14)22-11-19-20-21-22/h1-7,10-11H,8-9H2,(H,18,23). The predicted octanol–water partition coefficient (Wildman–Crippen LogP) is 2.29. The van der Waals surface area contributed by atoms with Crippen molar-refractivity contribution in [2.24, 2.45) is 0 Å². The molecule has 0 aliphatic carbocycles. The van der Waals surface area contributed by atoms with E-state index < -0.39 is 0 Å². The maximum atomic E-state index is 12.4. The Morgan fingerprint density at radius 2 is 2.04 bits per heavy atom. The number of carbonyl (C=O) groups excluding carboxylic acids is 1. The maximum Gasteiger partial charge on any atom is 0.253 e. The lowest BCUT2D eigenvalue weighted by Gasteiger charge is -2.09. The van der Waals surface area contributed by atoms with E-state index in [9.17, 15) is 4.79 Å². The van der Waals surface area contributed by atoms with Crippen molar-refractivity contribution in [2.45, 2.75) is 6.42 Å². The molecular formula is C16H14ClN5O. The molecule has 1 N–H and O–H groups in total. The number of benzene rings is 2. The molecular weight excluding hydrogens is 314 g/mol. The molecule has 2 aromatic carbocycles. The highest BCUT2D eigenvalue weighted by atomic mass is 35.5. The van der Waals surface area contributed by atoms with E-state index in [4.69, 9.17) is 11.6 Å². The number of hydrogen-bond donors (Lipinski definition) is 1. The summed E-state index contributed by atoms with van der Waals surface area (Å²) in [4.78, 5) is 12.4. The number of nitrogens with zero attached hydrogens (tertiary/aromatic N) is 4. The summed E-state index contributed by atoms with van der Waals surface area (Å²) in [6.07, 6.45) is 2.16. The molecule has 0 aliphatic rings. The van der Waals surface area contributed by atoms with Gasteiger partial charge in [0.15, 0.2) is 0 Å². The third-order valence-electron chi connectivity index (χ3n) is 3.33. The fraction of sp³-hybridized carbons (Fsp3) is 0.125. The first-order valence-corrected chi connectivity index (χ1v) is 7.47. The van der Waals surface area contributed by atoms with Crippen LogP contribution in [0.1, 0.15) is 15.9 Å². The van der Waals surface area contributed by atoms with Crippen molar-refractivity contribution in [2.75, 3.05) is 6.54 Å². The second kappa shape index (κ2) is 7.02. The van der Waals surface area contributed by atoms with Gasteiger partial charge >= 0.3 is 0 Å². The van der Waals surface area contributed by atoms with Gasteiger partial charge in [0.2, 0.25) is 0 Å². The minimum atomic E-state index is -0.168. The summed E-state index contributed by atoms with van der Waals surface area (Å²) < 4.78 is 1.46. The highest BCUT2D eigenvalue weighted by Gasteiger charge is 2.12. The Balaban J connectivity index is 1.67. The molecule has 0 atom stereocenters. The van der Waals surface area contributed by atoms with E-state index in [1.807, 2.05) is 30.3 Å². The summed E-state index contributed by atoms with van der Waals surface area (Å²) in [7, 11) is 0. The summed E-state index contributed by atoms with van der Waals surface area (Å²) in [5.41, 5.74) is 2.23. The van der Waals surface area contributed by atoms with Crippen molar-refractivity contribution < 1.29 is 4.79 Å². The quantitative estimate of drug-likeness (QED) is 0.780. The van der Waals surface area contributed by atoms with E-state index in [2.05, 4.69) is 20.8 Å². The number of tetrazole rings is 1. The van der Waals surface area contributed by atoms with Crippen molar-refractivity contribution in [3.63, 3.8) is 0 Å². The van der Waals surface area contributed by atoms with Crippen LogP contribution in [0.4, 0.5) is 0 Å². The Morgan fingerprint density at radius 3 is 2.83 bits per heavy atom. The van der Waals surface area contributed by atoms with Gasteiger partial charge in [0, 0.05) is 11.6 Å². The van der Waals surface area contributed by atoms with Crippen molar-refractivity contribution in [1.82, 2.24) is 25.5 Å². The van der Waals surface area contributed by atoms with Crippen LogP contribution in [-0.4, -0.2) is 32.7 Å². The molecule has 6 nitrogen and oxygen atoms in total. The first-order valence-electron chi connectivity index (χ1n) is 7.09. The number of hydrogen-bond acceptors (Lipinski definition) is 4. The van der Waals surface area contributed by atoms with Crippen LogP contribution in [0.2, 0.25) is 5.02 Å². The zero-order chi connectivity index (χ0) is 16.1. The lowest BCUT2D eigenvalue weighted by atomic mass is 10.1. The lowest BCUT2D eigenvalue weighted by molar-refractivity contribution is 0.0954. The average molecular weight is 328 g/mol. The number of aromatic nitrogens is 4. The molecule has 0 fully saturated rings. The lowest BCUT2D eigenvalue weighted by Crippen LogP contribution is -2.26. The highest BCUT2D eigenvalue weighted by molar-refractivity contribution is 6.30. The predicted molar refractivity (Wildman–Crippen MR) is 86.6 cm³/mol. The zero-order valence-electron chi connectivity index (χ0n) is 12.2. The van der Waals surface area contributed by atoms with Crippen LogP contribution in [0.25, 0.3) is 5.69 Å². The van der Waals surface area contributed by atoms with Gasteiger partial charge < -0.3 is 5.32 Å². The van der Waals surface area contributed by atoms with Gasteiger partial charge in [-0.2, -0.15) is 4.68 Å². The maximum absolute atomic E-state index is 12.4. The first kappa shape index (κ1) is 15.2. The van der Waals surface area contributed by atoms with Crippen molar-refractivity contribution >= 4 is 17.5 Å². The van der Waals surface area contributed by atoms with Crippen LogP contribution in [-0.2, 0) is 6.42 Å². The number of halogens is 1.